The van der Waals surface area contributed by atoms with Gasteiger partial charge in [0.1, 0.15) is 0 Å². The zero-order valence-corrected chi connectivity index (χ0v) is 17.6. The van der Waals surface area contributed by atoms with Gasteiger partial charge in [0.05, 0.1) is 11.2 Å². The van der Waals surface area contributed by atoms with E-state index >= 15 is 0 Å². The molecule has 0 aromatic carbocycles. The molecular formula is C18H36O8. The topological polar surface area (TPSA) is 101 Å². The van der Waals surface area contributed by atoms with Gasteiger partial charge in [-0.3, -0.25) is 4.89 Å². The molecule has 0 bridgehead atoms. The lowest BCUT2D eigenvalue weighted by atomic mass is 9.94. The van der Waals surface area contributed by atoms with Crippen molar-refractivity contribution >= 4 is 11.9 Å². The smallest absolute Gasteiger partial charge is 0.342 e. The first-order valence-electron chi connectivity index (χ1n) is 8.82. The Labute approximate surface area is 156 Å². The van der Waals surface area contributed by atoms with E-state index in [0.717, 1.165) is 12.8 Å². The molecule has 0 saturated carbocycles. The first-order chi connectivity index (χ1) is 11.7. The minimum atomic E-state index is -1.21. The van der Waals surface area contributed by atoms with Gasteiger partial charge < -0.3 is 5.11 Å². The first-order valence-corrected chi connectivity index (χ1v) is 8.82. The summed E-state index contributed by atoms with van der Waals surface area (Å²) >= 11 is 0. The van der Waals surface area contributed by atoms with Crippen molar-refractivity contribution in [1.82, 2.24) is 0 Å². The number of carbonyl (C=O) groups is 2. The second kappa shape index (κ2) is 12.2. The summed E-state index contributed by atoms with van der Waals surface area (Å²) in [6, 6.07) is 0. The van der Waals surface area contributed by atoms with Crippen LogP contribution in [0.25, 0.3) is 0 Å². The Morgan fingerprint density at radius 1 is 0.885 bits per heavy atom. The third kappa shape index (κ3) is 15.1. The van der Waals surface area contributed by atoms with E-state index in [4.69, 9.17) is 9.78 Å². The van der Waals surface area contributed by atoms with E-state index in [-0.39, 0.29) is 0 Å². The molecule has 0 rings (SSSR count). The fraction of sp³-hybridized carbons (Fsp3) is 0.889. The van der Waals surface area contributed by atoms with Crippen molar-refractivity contribution in [2.45, 2.75) is 105 Å². The number of carbonyl (C=O) groups excluding carboxylic acids is 1. The van der Waals surface area contributed by atoms with Gasteiger partial charge in [-0.2, -0.15) is 4.89 Å². The summed E-state index contributed by atoms with van der Waals surface area (Å²) < 4.78 is 0. The third-order valence-corrected chi connectivity index (χ3v) is 2.78. The highest BCUT2D eigenvalue weighted by molar-refractivity contribution is 5.77. The van der Waals surface area contributed by atoms with Crippen LogP contribution < -0.4 is 0 Å². The Morgan fingerprint density at radius 2 is 1.38 bits per heavy atom. The summed E-state index contributed by atoms with van der Waals surface area (Å²) in [6.07, 6.45) is 2.63. The van der Waals surface area contributed by atoms with Gasteiger partial charge in [-0.1, -0.05) is 26.7 Å². The minimum Gasteiger partial charge on any atom is -0.479 e. The molecule has 0 amide bonds. The molecule has 1 unspecified atom stereocenters. The fourth-order valence-electron chi connectivity index (χ4n) is 1.41. The molecule has 0 heterocycles. The Hall–Kier alpha value is -1.22. The maximum absolute atomic E-state index is 11.3. The van der Waals surface area contributed by atoms with Crippen molar-refractivity contribution in [3.8, 4) is 0 Å². The quantitative estimate of drug-likeness (QED) is 0.465. The molecule has 1 N–H and O–H groups in total. The maximum atomic E-state index is 11.3. The van der Waals surface area contributed by atoms with Crippen LogP contribution in [0.2, 0.25) is 0 Å². The van der Waals surface area contributed by atoms with E-state index in [0.29, 0.717) is 12.8 Å². The van der Waals surface area contributed by atoms with Crippen LogP contribution in [0.1, 0.15) is 88.0 Å². The Kier molecular flexibility index (Phi) is 12.7. The van der Waals surface area contributed by atoms with E-state index in [9.17, 15) is 14.7 Å². The van der Waals surface area contributed by atoms with Crippen molar-refractivity contribution in [2.75, 3.05) is 0 Å². The zero-order valence-electron chi connectivity index (χ0n) is 17.6. The van der Waals surface area contributed by atoms with Crippen LogP contribution in [-0.2, 0) is 34.2 Å². The van der Waals surface area contributed by atoms with Gasteiger partial charge in [-0.05, 0) is 59.4 Å². The lowest BCUT2D eigenvalue weighted by Gasteiger charge is -2.30. The molecule has 1 atom stereocenters. The van der Waals surface area contributed by atoms with Gasteiger partial charge in [-0.15, -0.1) is 0 Å². The van der Waals surface area contributed by atoms with Crippen LogP contribution >= 0.6 is 0 Å². The van der Waals surface area contributed by atoms with Gasteiger partial charge in [0, 0.05) is 6.92 Å². The molecule has 0 fully saturated rings. The summed E-state index contributed by atoms with van der Waals surface area (Å²) in [5.41, 5.74) is -2.17. The van der Waals surface area contributed by atoms with E-state index < -0.39 is 28.7 Å². The van der Waals surface area contributed by atoms with Crippen molar-refractivity contribution in [3.05, 3.63) is 0 Å². The van der Waals surface area contributed by atoms with Crippen LogP contribution in [0.3, 0.4) is 0 Å². The Morgan fingerprint density at radius 3 is 1.69 bits per heavy atom. The molecule has 8 nitrogen and oxygen atoms in total. The predicted octanol–water partition coefficient (Wildman–Crippen LogP) is 4.37. The standard InChI is InChI=1S/C12H24O4.C6H12O4/c1-6-8-9-12(7-2,10(13)14)16-15-11(3,4)5;1-5(7)8-10-9-6(2,3)4/h6-9H2,1-5H3,(H,13,14);1-4H3. The second-order valence-electron chi connectivity index (χ2n) is 7.87. The monoisotopic (exact) mass is 380 g/mol. The van der Waals surface area contributed by atoms with Gasteiger partial charge in [0.25, 0.3) is 0 Å². The minimum absolute atomic E-state index is 0.401. The van der Waals surface area contributed by atoms with E-state index in [1.54, 1.807) is 27.7 Å². The molecule has 8 heteroatoms. The SMILES string of the molecule is CC(=O)OOOC(C)(C)C.CCCCC(CC)(OOC(C)(C)C)C(=O)O. The lowest BCUT2D eigenvalue weighted by molar-refractivity contribution is -0.514. The van der Waals surface area contributed by atoms with Crippen LogP contribution in [0.4, 0.5) is 0 Å². The molecule has 0 aromatic heterocycles. The molecular weight excluding hydrogens is 344 g/mol. The number of aliphatic carboxylic acids is 1. The molecule has 156 valence electrons. The van der Waals surface area contributed by atoms with Crippen LogP contribution in [0.15, 0.2) is 0 Å². The summed E-state index contributed by atoms with van der Waals surface area (Å²) in [5.74, 6) is -1.49. The van der Waals surface area contributed by atoms with Gasteiger partial charge in [0.15, 0.2) is 5.60 Å². The highest BCUT2D eigenvalue weighted by Gasteiger charge is 2.40. The van der Waals surface area contributed by atoms with Gasteiger partial charge >= 0.3 is 11.9 Å². The van der Waals surface area contributed by atoms with Crippen molar-refractivity contribution in [3.63, 3.8) is 0 Å². The largest absolute Gasteiger partial charge is 0.479 e. The fourth-order valence-corrected chi connectivity index (χ4v) is 1.41. The van der Waals surface area contributed by atoms with E-state index in [2.05, 4.69) is 14.8 Å². The maximum Gasteiger partial charge on any atom is 0.342 e. The molecule has 0 aliphatic heterocycles. The average Bonchev–Trinajstić information content (AvgIpc) is 2.45. The molecule has 0 saturated heterocycles. The second-order valence-corrected chi connectivity index (χ2v) is 7.87. The zero-order chi connectivity index (χ0) is 21.0. The number of carboxylic acid groups (broad SMARTS) is 1. The average molecular weight is 380 g/mol. The van der Waals surface area contributed by atoms with Crippen LogP contribution in [0, 0.1) is 0 Å². The van der Waals surface area contributed by atoms with Crippen molar-refractivity contribution in [2.24, 2.45) is 0 Å². The number of carboxylic acids is 1. The van der Waals surface area contributed by atoms with E-state index in [1.165, 1.54) is 6.92 Å². The Balaban J connectivity index is 0. The highest BCUT2D eigenvalue weighted by atomic mass is 17.5. The molecule has 0 radical (unpaired) electrons. The summed E-state index contributed by atoms with van der Waals surface area (Å²) in [6.45, 7) is 15.9. The van der Waals surface area contributed by atoms with Crippen molar-refractivity contribution < 1.29 is 39.3 Å². The lowest BCUT2D eigenvalue weighted by Crippen LogP contribution is -2.43. The summed E-state index contributed by atoms with van der Waals surface area (Å²) in [7, 11) is 0. The van der Waals surface area contributed by atoms with Gasteiger partial charge in [0.2, 0.25) is 0 Å². The number of unbranched alkanes of at least 4 members (excludes halogenated alkanes) is 1. The first kappa shape index (κ1) is 27.0. The van der Waals surface area contributed by atoms with Crippen molar-refractivity contribution in [1.29, 1.82) is 0 Å². The van der Waals surface area contributed by atoms with E-state index in [1.807, 2.05) is 27.7 Å². The summed E-state index contributed by atoms with van der Waals surface area (Å²) in [4.78, 5) is 40.4. The Bertz CT molecular complexity index is 408. The normalized spacial score (nSPS) is 14.0. The van der Waals surface area contributed by atoms with Crippen LogP contribution in [-0.4, -0.2) is 33.8 Å². The predicted molar refractivity (Wildman–Crippen MR) is 95.8 cm³/mol. The molecule has 0 aliphatic carbocycles. The molecule has 26 heavy (non-hydrogen) atoms. The highest BCUT2D eigenvalue weighted by Crippen LogP contribution is 2.26. The van der Waals surface area contributed by atoms with Crippen LogP contribution in [0.5, 0.6) is 0 Å². The molecule has 0 spiro atoms. The number of rotatable bonds is 9. The molecule has 0 aliphatic rings. The van der Waals surface area contributed by atoms with Gasteiger partial charge in [-0.25, -0.2) is 19.4 Å². The third-order valence-electron chi connectivity index (χ3n) is 2.78. The number of hydrogen-bond donors (Lipinski definition) is 1. The summed E-state index contributed by atoms with van der Waals surface area (Å²) in [5, 5.41) is 13.4. The number of hydrogen-bond acceptors (Lipinski definition) is 7. The molecule has 0 aromatic rings.